The van der Waals surface area contributed by atoms with Gasteiger partial charge in [-0.2, -0.15) is 0 Å². The zero-order valence-corrected chi connectivity index (χ0v) is 31.7. The number of fused-ring (bicyclic) bond motifs is 3. The third-order valence-corrected chi connectivity index (χ3v) is 19.6. The summed E-state index contributed by atoms with van der Waals surface area (Å²) in [4.78, 5) is 9.15. The van der Waals surface area contributed by atoms with Gasteiger partial charge >= 0.3 is 184 Å². The molecule has 4 heteroatoms. The zero-order valence-electron chi connectivity index (χ0n) is 27.2. The molecule has 0 amide bonds. The normalized spacial score (nSPS) is 12.9. The van der Waals surface area contributed by atoms with Crippen molar-refractivity contribution in [3.8, 4) is 11.3 Å². The summed E-state index contributed by atoms with van der Waals surface area (Å²) in [6, 6.07) is 57.0. The molecule has 0 N–H and O–H groups in total. The predicted molar refractivity (Wildman–Crippen MR) is 200 cm³/mol. The fourth-order valence-electron chi connectivity index (χ4n) is 7.35. The van der Waals surface area contributed by atoms with E-state index in [0.29, 0.717) is 0 Å². The Kier molecular flexibility index (Phi) is 8.64. The molecular formula is C44H34GeIrN2-2. The quantitative estimate of drug-likeness (QED) is 0.103. The molecule has 6 aromatic carbocycles. The summed E-state index contributed by atoms with van der Waals surface area (Å²) in [5.41, 5.74) is 4.58. The molecular weight excluding hydrogens is 821 g/mol. The minimum absolute atomic E-state index is 0. The van der Waals surface area contributed by atoms with Crippen LogP contribution in [0.2, 0.25) is 0 Å². The van der Waals surface area contributed by atoms with Crippen molar-refractivity contribution in [3.63, 3.8) is 0 Å². The van der Waals surface area contributed by atoms with Crippen LogP contribution < -0.4 is 17.6 Å². The SMILES string of the molecule is CC(C)(C)c1cc[c-]c(-c2ccccn2)c1.[Ir].[c-]1cc[c]2c3c1c1ncccc1c1ccc[c](c13)[Ge]2([c]1ccccc1)[c]1ccccc1. The van der Waals surface area contributed by atoms with Crippen LogP contribution in [0.4, 0.5) is 0 Å². The summed E-state index contributed by atoms with van der Waals surface area (Å²) in [6.07, 6.45) is 3.71. The Balaban J connectivity index is 0.000000183. The molecule has 1 radical (unpaired) electrons. The summed E-state index contributed by atoms with van der Waals surface area (Å²) in [7, 11) is 0. The van der Waals surface area contributed by atoms with Gasteiger partial charge in [-0.1, -0.05) is 32.9 Å². The summed E-state index contributed by atoms with van der Waals surface area (Å²) in [5, 5.41) is 6.48. The van der Waals surface area contributed by atoms with Crippen LogP contribution in [0.5, 0.6) is 0 Å². The summed E-state index contributed by atoms with van der Waals surface area (Å²) < 4.78 is 5.98. The number of hydrogen-bond donors (Lipinski definition) is 0. The van der Waals surface area contributed by atoms with Crippen molar-refractivity contribution in [2.24, 2.45) is 0 Å². The molecule has 48 heavy (non-hydrogen) atoms. The van der Waals surface area contributed by atoms with Crippen molar-refractivity contribution in [1.29, 1.82) is 0 Å². The number of hydrogen-bond acceptors (Lipinski definition) is 2. The van der Waals surface area contributed by atoms with Crippen molar-refractivity contribution >= 4 is 63.3 Å². The average Bonchev–Trinajstić information content (AvgIpc) is 3.44. The maximum atomic E-state index is 4.81. The van der Waals surface area contributed by atoms with Crippen LogP contribution >= 0.6 is 0 Å². The van der Waals surface area contributed by atoms with Crippen LogP contribution in [0, 0.1) is 12.1 Å². The van der Waals surface area contributed by atoms with Crippen LogP contribution in [-0.2, 0) is 25.5 Å². The number of nitrogens with zero attached hydrogens (tertiary/aromatic N) is 2. The van der Waals surface area contributed by atoms with E-state index in [4.69, 9.17) is 4.98 Å². The summed E-state index contributed by atoms with van der Waals surface area (Å²) >= 11 is -3.16. The Labute approximate surface area is 298 Å². The van der Waals surface area contributed by atoms with Crippen molar-refractivity contribution < 1.29 is 20.1 Å². The fraction of sp³-hybridized carbons (Fsp3) is 0.0909. The third kappa shape index (κ3) is 5.22. The van der Waals surface area contributed by atoms with Gasteiger partial charge in [-0.15, -0.1) is 35.4 Å². The number of aromatic nitrogens is 2. The van der Waals surface area contributed by atoms with Crippen LogP contribution in [0.25, 0.3) is 43.7 Å². The number of benzene rings is 6. The first kappa shape index (κ1) is 32.2. The zero-order chi connectivity index (χ0) is 32.0. The first-order valence-corrected chi connectivity index (χ1v) is 20.4. The van der Waals surface area contributed by atoms with E-state index in [0.717, 1.165) is 22.2 Å². The van der Waals surface area contributed by atoms with E-state index in [1.54, 1.807) is 0 Å². The first-order chi connectivity index (χ1) is 23.0. The Bertz CT molecular complexity index is 2260. The maximum absolute atomic E-state index is 4.81. The number of pyridine rings is 2. The van der Waals surface area contributed by atoms with E-state index in [1.165, 1.54) is 44.7 Å². The first-order valence-electron chi connectivity index (χ1n) is 16.2. The Morgan fingerprint density at radius 1 is 0.562 bits per heavy atom. The molecule has 0 bridgehead atoms. The summed E-state index contributed by atoms with van der Waals surface area (Å²) in [6.45, 7) is 6.64. The van der Waals surface area contributed by atoms with Crippen LogP contribution in [0.3, 0.4) is 0 Å². The van der Waals surface area contributed by atoms with Gasteiger partial charge in [0.1, 0.15) is 0 Å². The van der Waals surface area contributed by atoms with Crippen LogP contribution in [0.15, 0.2) is 152 Å². The van der Waals surface area contributed by atoms with Gasteiger partial charge in [0, 0.05) is 26.3 Å². The molecule has 1 aliphatic heterocycles. The second-order valence-corrected chi connectivity index (χ2v) is 21.0. The molecule has 235 valence electrons. The molecule has 0 saturated carbocycles. The molecule has 9 rings (SSSR count). The Morgan fingerprint density at radius 2 is 1.21 bits per heavy atom. The fourth-order valence-corrected chi connectivity index (χ4v) is 18.2. The van der Waals surface area contributed by atoms with E-state index in [2.05, 4.69) is 147 Å². The molecule has 0 fully saturated rings. The molecule has 8 aromatic rings. The van der Waals surface area contributed by atoms with Crippen LogP contribution in [0.1, 0.15) is 26.3 Å². The van der Waals surface area contributed by atoms with Gasteiger partial charge in [0.25, 0.3) is 0 Å². The number of rotatable bonds is 3. The standard InChI is InChI=1S/C29H18GeN.C15H16N.Ir/c1-3-10-20(11-4-1)30(21-12-5-2-6-13-21)25-17-7-14-22-23-16-9-19-31-29(23)24-15-8-18-26(30)28(24)27(22)25;1-15(2,3)13-8-6-7-12(11-13)14-9-4-5-10-16-14;/h1-14,16-19H;4-6,8-11H,1-3H3;/q2*-1;. The van der Waals surface area contributed by atoms with Crippen LogP contribution in [-0.4, -0.2) is 23.2 Å². The van der Waals surface area contributed by atoms with Gasteiger partial charge in [0.2, 0.25) is 0 Å². The van der Waals surface area contributed by atoms with Crippen molar-refractivity contribution in [3.05, 3.63) is 170 Å². The monoisotopic (exact) mass is 857 g/mol. The molecule has 1 aliphatic rings. The Morgan fingerprint density at radius 3 is 1.90 bits per heavy atom. The molecule has 0 atom stereocenters. The predicted octanol–water partition coefficient (Wildman–Crippen LogP) is 7.88. The third-order valence-electron chi connectivity index (χ3n) is 9.48. The van der Waals surface area contributed by atoms with Gasteiger partial charge in [-0.25, -0.2) is 0 Å². The second kappa shape index (κ2) is 12.9. The molecule has 0 unspecified atom stereocenters. The van der Waals surface area contributed by atoms with E-state index in [-0.39, 0.29) is 25.5 Å². The molecule has 3 heterocycles. The minimum atomic E-state index is -3.16. The molecule has 0 aliphatic carbocycles. The van der Waals surface area contributed by atoms with Gasteiger partial charge in [-0.3, -0.25) is 0 Å². The van der Waals surface area contributed by atoms with Crippen molar-refractivity contribution in [2.45, 2.75) is 26.2 Å². The summed E-state index contributed by atoms with van der Waals surface area (Å²) in [5.74, 6) is 0. The molecule has 0 saturated heterocycles. The van der Waals surface area contributed by atoms with Crippen molar-refractivity contribution in [2.75, 3.05) is 0 Å². The average molecular weight is 856 g/mol. The van der Waals surface area contributed by atoms with Gasteiger partial charge in [-0.05, 0) is 17.2 Å². The molecule has 0 spiro atoms. The van der Waals surface area contributed by atoms with Gasteiger partial charge < -0.3 is 4.98 Å². The topological polar surface area (TPSA) is 25.8 Å². The van der Waals surface area contributed by atoms with E-state index < -0.39 is 13.3 Å². The van der Waals surface area contributed by atoms with E-state index in [9.17, 15) is 0 Å². The van der Waals surface area contributed by atoms with Gasteiger partial charge in [0.05, 0.1) is 0 Å². The van der Waals surface area contributed by atoms with Gasteiger partial charge in [0.15, 0.2) is 0 Å². The Hall–Kier alpha value is -4.41. The van der Waals surface area contributed by atoms with E-state index >= 15 is 0 Å². The van der Waals surface area contributed by atoms with E-state index in [1.807, 2.05) is 42.7 Å². The molecule has 2 nitrogen and oxygen atoms in total. The molecule has 2 aromatic heterocycles. The van der Waals surface area contributed by atoms with Crippen molar-refractivity contribution in [1.82, 2.24) is 9.97 Å². The second-order valence-electron chi connectivity index (χ2n) is 13.2.